The molecule has 2 aromatic rings. The zero-order valence-corrected chi connectivity index (χ0v) is 10.2. The van der Waals surface area contributed by atoms with Crippen LogP contribution in [0.2, 0.25) is 0 Å². The topological polar surface area (TPSA) is 78.0 Å². The molecule has 1 saturated carbocycles. The number of amides is 1. The van der Waals surface area contributed by atoms with E-state index in [1.54, 1.807) is 0 Å². The normalized spacial score (nSPS) is 16.8. The lowest BCUT2D eigenvalue weighted by Crippen LogP contribution is -2.27. The third kappa shape index (κ3) is 1.76. The van der Waals surface area contributed by atoms with Gasteiger partial charge < -0.3 is 15.4 Å². The molecule has 1 aromatic heterocycles. The van der Waals surface area contributed by atoms with Crippen LogP contribution in [0, 0.1) is 12.3 Å². The van der Waals surface area contributed by atoms with Crippen LogP contribution in [0.4, 0.5) is 5.69 Å². The molecule has 1 aromatic carbocycles. The molecule has 0 bridgehead atoms. The van der Waals surface area contributed by atoms with E-state index in [-0.39, 0.29) is 12.5 Å². The van der Waals surface area contributed by atoms with E-state index < -0.39 is 5.41 Å². The monoisotopic (exact) mass is 245 g/mol. The number of H-pyrrole nitrogens is 1. The van der Waals surface area contributed by atoms with Gasteiger partial charge in [0.1, 0.15) is 5.82 Å². The molecule has 5 nitrogen and oxygen atoms in total. The summed E-state index contributed by atoms with van der Waals surface area (Å²) in [6, 6.07) is 5.56. The Kier molecular flexibility index (Phi) is 2.38. The zero-order chi connectivity index (χ0) is 12.8. The van der Waals surface area contributed by atoms with E-state index in [9.17, 15) is 9.90 Å². The number of benzene rings is 1. The average Bonchev–Trinajstić information content (AvgIpc) is 3.06. The number of carbonyl (C=O) groups is 1. The van der Waals surface area contributed by atoms with Crippen molar-refractivity contribution in [2.75, 3.05) is 11.9 Å². The highest BCUT2D eigenvalue weighted by atomic mass is 16.3. The Morgan fingerprint density at radius 2 is 2.33 bits per heavy atom. The standard InChI is InChI=1S/C13H15N3O2/c1-8-14-10-3-2-9(6-11(10)15-8)16-12(18)13(7-17)4-5-13/h2-3,6,17H,4-5,7H2,1H3,(H,14,15)(H,16,18). The largest absolute Gasteiger partial charge is 0.395 e. The minimum Gasteiger partial charge on any atom is -0.395 e. The molecule has 0 aliphatic heterocycles. The summed E-state index contributed by atoms with van der Waals surface area (Å²) in [5, 5.41) is 12.1. The molecule has 5 heteroatoms. The van der Waals surface area contributed by atoms with Crippen LogP contribution in [-0.4, -0.2) is 27.6 Å². The number of carbonyl (C=O) groups excluding carboxylic acids is 1. The second kappa shape index (κ2) is 3.81. The highest BCUT2D eigenvalue weighted by Crippen LogP contribution is 2.45. The molecular weight excluding hydrogens is 230 g/mol. The highest BCUT2D eigenvalue weighted by Gasteiger charge is 2.49. The number of aliphatic hydroxyl groups is 1. The average molecular weight is 245 g/mol. The van der Waals surface area contributed by atoms with Crippen molar-refractivity contribution in [1.82, 2.24) is 9.97 Å². The predicted octanol–water partition coefficient (Wildman–Crippen LogP) is 1.58. The van der Waals surface area contributed by atoms with Crippen LogP contribution < -0.4 is 5.32 Å². The molecule has 0 radical (unpaired) electrons. The summed E-state index contributed by atoms with van der Waals surface area (Å²) in [5.41, 5.74) is 1.97. The number of rotatable bonds is 3. The number of anilines is 1. The molecular formula is C13H15N3O2. The molecule has 0 atom stereocenters. The second-order valence-corrected chi connectivity index (χ2v) is 4.95. The van der Waals surface area contributed by atoms with E-state index in [2.05, 4.69) is 15.3 Å². The minimum absolute atomic E-state index is 0.0791. The van der Waals surface area contributed by atoms with Crippen molar-refractivity contribution in [2.24, 2.45) is 5.41 Å². The Morgan fingerprint density at radius 3 is 3.00 bits per heavy atom. The highest BCUT2D eigenvalue weighted by molar-refractivity contribution is 5.98. The van der Waals surface area contributed by atoms with Gasteiger partial charge in [0.2, 0.25) is 5.91 Å². The Morgan fingerprint density at radius 1 is 1.56 bits per heavy atom. The Bertz CT molecular complexity index is 614. The number of aryl methyl sites for hydroxylation is 1. The van der Waals surface area contributed by atoms with Gasteiger partial charge >= 0.3 is 0 Å². The lowest BCUT2D eigenvalue weighted by atomic mass is 10.1. The number of hydrogen-bond donors (Lipinski definition) is 3. The van der Waals surface area contributed by atoms with Crippen LogP contribution in [-0.2, 0) is 4.79 Å². The molecule has 0 saturated heterocycles. The van der Waals surface area contributed by atoms with E-state index in [1.807, 2.05) is 25.1 Å². The van der Waals surface area contributed by atoms with Crippen LogP contribution in [0.5, 0.6) is 0 Å². The summed E-state index contributed by atoms with van der Waals surface area (Å²) in [4.78, 5) is 19.4. The van der Waals surface area contributed by atoms with Gasteiger partial charge in [-0.05, 0) is 38.0 Å². The quantitative estimate of drug-likeness (QED) is 0.768. The van der Waals surface area contributed by atoms with E-state index in [0.717, 1.165) is 35.4 Å². The number of fused-ring (bicyclic) bond motifs is 1. The van der Waals surface area contributed by atoms with Crippen molar-refractivity contribution in [1.29, 1.82) is 0 Å². The number of aliphatic hydroxyl groups excluding tert-OH is 1. The second-order valence-electron chi connectivity index (χ2n) is 4.95. The van der Waals surface area contributed by atoms with Gasteiger partial charge in [0.15, 0.2) is 0 Å². The summed E-state index contributed by atoms with van der Waals surface area (Å²) in [6.45, 7) is 1.81. The maximum absolute atomic E-state index is 12.0. The third-order valence-corrected chi connectivity index (χ3v) is 3.50. The predicted molar refractivity (Wildman–Crippen MR) is 68.2 cm³/mol. The fourth-order valence-corrected chi connectivity index (χ4v) is 2.09. The summed E-state index contributed by atoms with van der Waals surface area (Å²) in [7, 11) is 0. The van der Waals surface area contributed by atoms with Crippen LogP contribution in [0.3, 0.4) is 0 Å². The smallest absolute Gasteiger partial charge is 0.232 e. The number of hydrogen-bond acceptors (Lipinski definition) is 3. The van der Waals surface area contributed by atoms with Crippen molar-refractivity contribution >= 4 is 22.6 Å². The first-order chi connectivity index (χ1) is 8.63. The van der Waals surface area contributed by atoms with E-state index in [4.69, 9.17) is 0 Å². The molecule has 0 unspecified atom stereocenters. The summed E-state index contributed by atoms with van der Waals surface area (Å²) in [6.07, 6.45) is 1.53. The lowest BCUT2D eigenvalue weighted by Gasteiger charge is -2.12. The van der Waals surface area contributed by atoms with Gasteiger partial charge in [0.05, 0.1) is 23.1 Å². The molecule has 3 N–H and O–H groups in total. The molecule has 1 aliphatic carbocycles. The Labute approximate surface area is 104 Å². The van der Waals surface area contributed by atoms with Crippen molar-refractivity contribution in [3.8, 4) is 0 Å². The van der Waals surface area contributed by atoms with E-state index >= 15 is 0 Å². The van der Waals surface area contributed by atoms with Crippen molar-refractivity contribution < 1.29 is 9.90 Å². The molecule has 1 heterocycles. The van der Waals surface area contributed by atoms with Crippen LogP contribution in [0.1, 0.15) is 18.7 Å². The van der Waals surface area contributed by atoms with Gasteiger partial charge in [-0.1, -0.05) is 0 Å². The van der Waals surface area contributed by atoms with Crippen LogP contribution >= 0.6 is 0 Å². The maximum Gasteiger partial charge on any atom is 0.232 e. The molecule has 18 heavy (non-hydrogen) atoms. The molecule has 1 amide bonds. The van der Waals surface area contributed by atoms with Crippen LogP contribution in [0.25, 0.3) is 11.0 Å². The molecule has 1 fully saturated rings. The molecule has 1 aliphatic rings. The fourth-order valence-electron chi connectivity index (χ4n) is 2.09. The van der Waals surface area contributed by atoms with E-state index in [1.165, 1.54) is 0 Å². The summed E-state index contributed by atoms with van der Waals surface area (Å²) >= 11 is 0. The summed E-state index contributed by atoms with van der Waals surface area (Å²) in [5.74, 6) is 0.753. The number of aromatic nitrogens is 2. The van der Waals surface area contributed by atoms with Gasteiger partial charge in [-0.2, -0.15) is 0 Å². The van der Waals surface area contributed by atoms with Crippen LogP contribution in [0.15, 0.2) is 18.2 Å². The SMILES string of the molecule is Cc1nc2ccc(NC(=O)C3(CO)CC3)cc2[nH]1. The first kappa shape index (κ1) is 11.2. The van der Waals surface area contributed by atoms with Crippen molar-refractivity contribution in [3.63, 3.8) is 0 Å². The number of nitrogens with zero attached hydrogens (tertiary/aromatic N) is 1. The van der Waals surface area contributed by atoms with Gasteiger partial charge in [-0.15, -0.1) is 0 Å². The van der Waals surface area contributed by atoms with Gasteiger partial charge in [-0.25, -0.2) is 4.98 Å². The van der Waals surface area contributed by atoms with Crippen molar-refractivity contribution in [3.05, 3.63) is 24.0 Å². The number of nitrogens with one attached hydrogen (secondary N) is 2. The zero-order valence-electron chi connectivity index (χ0n) is 10.2. The maximum atomic E-state index is 12.0. The van der Waals surface area contributed by atoms with Crippen molar-refractivity contribution in [2.45, 2.75) is 19.8 Å². The number of imidazole rings is 1. The van der Waals surface area contributed by atoms with Gasteiger partial charge in [0, 0.05) is 5.69 Å². The Balaban J connectivity index is 1.84. The number of aromatic amines is 1. The first-order valence-electron chi connectivity index (χ1n) is 6.02. The van der Waals surface area contributed by atoms with Gasteiger partial charge in [0.25, 0.3) is 0 Å². The summed E-state index contributed by atoms with van der Waals surface area (Å²) < 4.78 is 0. The van der Waals surface area contributed by atoms with Gasteiger partial charge in [-0.3, -0.25) is 4.79 Å². The third-order valence-electron chi connectivity index (χ3n) is 3.50. The fraction of sp³-hybridized carbons (Fsp3) is 0.385. The molecule has 94 valence electrons. The van der Waals surface area contributed by atoms with E-state index in [0.29, 0.717) is 0 Å². The molecule has 3 rings (SSSR count). The first-order valence-corrected chi connectivity index (χ1v) is 6.02. The lowest BCUT2D eigenvalue weighted by molar-refractivity contribution is -0.122. The minimum atomic E-state index is -0.543. The Hall–Kier alpha value is -1.88. The molecule has 0 spiro atoms.